The van der Waals surface area contributed by atoms with Crippen molar-refractivity contribution in [2.75, 3.05) is 31.6 Å². The number of nitrogens with one attached hydrogen (secondary N) is 1. The SMILES string of the molecule is NC(=O)c1c(Nc2ccc(C(=O)N3CCOCC3)cc2)cc(Cl)nc1Cl. The highest BCUT2D eigenvalue weighted by atomic mass is 35.5. The Bertz CT molecular complexity index is 837. The summed E-state index contributed by atoms with van der Waals surface area (Å²) in [5, 5.41) is 3.08. The molecule has 1 fully saturated rings. The lowest BCUT2D eigenvalue weighted by Gasteiger charge is -2.26. The molecule has 0 atom stereocenters. The molecule has 9 heteroatoms. The van der Waals surface area contributed by atoms with Crippen molar-refractivity contribution in [2.24, 2.45) is 5.73 Å². The van der Waals surface area contributed by atoms with Gasteiger partial charge in [-0.2, -0.15) is 0 Å². The molecule has 26 heavy (non-hydrogen) atoms. The van der Waals surface area contributed by atoms with Gasteiger partial charge in [0.25, 0.3) is 11.8 Å². The minimum atomic E-state index is -0.721. The molecular weight excluding hydrogens is 379 g/mol. The predicted molar refractivity (Wildman–Crippen MR) is 99.2 cm³/mol. The third kappa shape index (κ3) is 4.07. The number of hydrogen-bond acceptors (Lipinski definition) is 5. The van der Waals surface area contributed by atoms with Gasteiger partial charge in [-0.05, 0) is 30.3 Å². The zero-order valence-corrected chi connectivity index (χ0v) is 15.2. The van der Waals surface area contributed by atoms with E-state index in [1.165, 1.54) is 6.07 Å². The van der Waals surface area contributed by atoms with Gasteiger partial charge in [0.05, 0.1) is 18.9 Å². The quantitative estimate of drug-likeness (QED) is 0.776. The molecular formula is C17H16Cl2N4O3. The second-order valence-corrected chi connectivity index (χ2v) is 6.37. The molecule has 136 valence electrons. The van der Waals surface area contributed by atoms with Crippen molar-refractivity contribution >= 4 is 46.4 Å². The van der Waals surface area contributed by atoms with Crippen molar-refractivity contribution in [2.45, 2.75) is 0 Å². The highest BCUT2D eigenvalue weighted by Crippen LogP contribution is 2.28. The van der Waals surface area contributed by atoms with E-state index in [9.17, 15) is 9.59 Å². The van der Waals surface area contributed by atoms with Crippen LogP contribution >= 0.6 is 23.2 Å². The van der Waals surface area contributed by atoms with Gasteiger partial charge in [0, 0.05) is 24.3 Å². The zero-order valence-electron chi connectivity index (χ0n) is 13.7. The molecule has 0 saturated carbocycles. The van der Waals surface area contributed by atoms with Gasteiger partial charge in [-0.1, -0.05) is 23.2 Å². The molecule has 0 radical (unpaired) electrons. The van der Waals surface area contributed by atoms with Gasteiger partial charge in [-0.15, -0.1) is 0 Å². The molecule has 2 aromatic rings. The molecule has 1 saturated heterocycles. The molecule has 7 nitrogen and oxygen atoms in total. The topological polar surface area (TPSA) is 97.5 Å². The smallest absolute Gasteiger partial charge is 0.254 e. The maximum absolute atomic E-state index is 12.4. The van der Waals surface area contributed by atoms with Crippen LogP contribution in [0.25, 0.3) is 0 Å². The van der Waals surface area contributed by atoms with Gasteiger partial charge in [0.15, 0.2) is 0 Å². The lowest BCUT2D eigenvalue weighted by molar-refractivity contribution is 0.0303. The van der Waals surface area contributed by atoms with Crippen molar-refractivity contribution in [1.82, 2.24) is 9.88 Å². The van der Waals surface area contributed by atoms with Gasteiger partial charge in [0.2, 0.25) is 0 Å². The first-order valence-corrected chi connectivity index (χ1v) is 8.61. The molecule has 0 spiro atoms. The Hall–Kier alpha value is -2.35. The number of morpholine rings is 1. The molecule has 1 aliphatic rings. The molecule has 0 aliphatic carbocycles. The van der Waals surface area contributed by atoms with Crippen LogP contribution in [0.3, 0.4) is 0 Å². The van der Waals surface area contributed by atoms with E-state index >= 15 is 0 Å². The summed E-state index contributed by atoms with van der Waals surface area (Å²) in [6.07, 6.45) is 0. The van der Waals surface area contributed by atoms with E-state index in [1.807, 2.05) is 0 Å². The van der Waals surface area contributed by atoms with E-state index in [4.69, 9.17) is 33.7 Å². The van der Waals surface area contributed by atoms with Crippen LogP contribution < -0.4 is 11.1 Å². The summed E-state index contributed by atoms with van der Waals surface area (Å²) < 4.78 is 5.25. The van der Waals surface area contributed by atoms with Crippen molar-refractivity contribution < 1.29 is 14.3 Å². The van der Waals surface area contributed by atoms with E-state index in [2.05, 4.69) is 10.3 Å². The van der Waals surface area contributed by atoms with Crippen LogP contribution in [0.1, 0.15) is 20.7 Å². The predicted octanol–water partition coefficient (Wildman–Crippen LogP) is 2.70. The number of anilines is 2. The summed E-state index contributed by atoms with van der Waals surface area (Å²) in [5.74, 6) is -0.770. The number of pyridine rings is 1. The monoisotopic (exact) mass is 394 g/mol. The summed E-state index contributed by atoms with van der Waals surface area (Å²) in [6.45, 7) is 2.25. The van der Waals surface area contributed by atoms with Gasteiger partial charge in [-0.3, -0.25) is 9.59 Å². The third-order valence-corrected chi connectivity index (χ3v) is 4.37. The van der Waals surface area contributed by atoms with Crippen LogP contribution in [0.2, 0.25) is 10.3 Å². The van der Waals surface area contributed by atoms with E-state index in [0.717, 1.165) is 0 Å². The van der Waals surface area contributed by atoms with E-state index < -0.39 is 5.91 Å². The van der Waals surface area contributed by atoms with Crippen LogP contribution in [0.5, 0.6) is 0 Å². The lowest BCUT2D eigenvalue weighted by Crippen LogP contribution is -2.40. The summed E-state index contributed by atoms with van der Waals surface area (Å²) in [4.78, 5) is 29.6. The Morgan fingerprint density at radius 2 is 1.81 bits per heavy atom. The molecule has 0 unspecified atom stereocenters. The first-order valence-electron chi connectivity index (χ1n) is 7.85. The highest BCUT2D eigenvalue weighted by molar-refractivity contribution is 6.35. The fourth-order valence-corrected chi connectivity index (χ4v) is 3.14. The summed E-state index contributed by atoms with van der Waals surface area (Å²) in [6, 6.07) is 8.31. The number of nitrogens with zero attached hydrogens (tertiary/aromatic N) is 2. The average Bonchev–Trinajstić information content (AvgIpc) is 2.61. The maximum Gasteiger partial charge on any atom is 0.254 e. The maximum atomic E-state index is 12.4. The molecule has 1 aromatic carbocycles. The number of amides is 2. The van der Waals surface area contributed by atoms with Gasteiger partial charge >= 0.3 is 0 Å². The number of carbonyl (C=O) groups excluding carboxylic acids is 2. The fraction of sp³-hybridized carbons (Fsp3) is 0.235. The average molecular weight is 395 g/mol. The number of rotatable bonds is 4. The Morgan fingerprint density at radius 1 is 1.15 bits per heavy atom. The number of hydrogen-bond donors (Lipinski definition) is 2. The van der Waals surface area contributed by atoms with Crippen LogP contribution in [0.15, 0.2) is 30.3 Å². The van der Waals surface area contributed by atoms with E-state index in [0.29, 0.717) is 43.2 Å². The van der Waals surface area contributed by atoms with Crippen LogP contribution in [0, 0.1) is 0 Å². The number of carbonyl (C=O) groups is 2. The van der Waals surface area contributed by atoms with Gasteiger partial charge < -0.3 is 20.7 Å². The van der Waals surface area contributed by atoms with E-state index in [1.54, 1.807) is 29.2 Å². The first kappa shape index (κ1) is 18.4. The normalized spacial score (nSPS) is 14.2. The number of primary amides is 1. The minimum absolute atomic E-state index is 0.0459. The minimum Gasteiger partial charge on any atom is -0.378 e. The number of halogens is 2. The van der Waals surface area contributed by atoms with Crippen LogP contribution in [-0.4, -0.2) is 48.0 Å². The largest absolute Gasteiger partial charge is 0.378 e. The Kier molecular flexibility index (Phi) is 5.61. The first-order chi connectivity index (χ1) is 12.5. The molecule has 2 heterocycles. The number of benzene rings is 1. The molecule has 0 bridgehead atoms. The molecule has 1 aliphatic heterocycles. The summed E-state index contributed by atoms with van der Waals surface area (Å²) in [5.41, 5.74) is 6.96. The Labute approximate surface area is 160 Å². The molecule has 2 amide bonds. The molecule has 3 N–H and O–H groups in total. The number of nitrogens with two attached hydrogens (primary N) is 1. The fourth-order valence-electron chi connectivity index (χ4n) is 2.62. The van der Waals surface area contributed by atoms with Crippen molar-refractivity contribution in [3.05, 3.63) is 51.8 Å². The van der Waals surface area contributed by atoms with Gasteiger partial charge in [0.1, 0.15) is 15.9 Å². The number of ether oxygens (including phenoxy) is 1. The van der Waals surface area contributed by atoms with E-state index in [-0.39, 0.29) is 21.8 Å². The zero-order chi connectivity index (χ0) is 18.7. The second-order valence-electron chi connectivity index (χ2n) is 5.63. The number of aromatic nitrogens is 1. The van der Waals surface area contributed by atoms with Crippen molar-refractivity contribution in [3.63, 3.8) is 0 Å². The van der Waals surface area contributed by atoms with Crippen LogP contribution in [-0.2, 0) is 4.74 Å². The van der Waals surface area contributed by atoms with Crippen LogP contribution in [0.4, 0.5) is 11.4 Å². The second kappa shape index (κ2) is 7.90. The third-order valence-electron chi connectivity index (χ3n) is 3.90. The Balaban J connectivity index is 1.80. The molecule has 3 rings (SSSR count). The summed E-state index contributed by atoms with van der Waals surface area (Å²) in [7, 11) is 0. The standard InChI is InChI=1S/C17H16Cl2N4O3/c18-13-9-12(14(16(20)24)15(19)22-13)21-11-3-1-10(2-4-11)17(25)23-5-7-26-8-6-23/h1-4,9H,5-8H2,(H2,20,24)(H,21,22). The van der Waals surface area contributed by atoms with Crippen molar-refractivity contribution in [3.8, 4) is 0 Å². The lowest BCUT2D eigenvalue weighted by atomic mass is 10.1. The Morgan fingerprint density at radius 3 is 2.42 bits per heavy atom. The molecule has 1 aromatic heterocycles. The highest BCUT2D eigenvalue weighted by Gasteiger charge is 2.19. The van der Waals surface area contributed by atoms with Crippen molar-refractivity contribution in [1.29, 1.82) is 0 Å². The van der Waals surface area contributed by atoms with Gasteiger partial charge in [-0.25, -0.2) is 4.98 Å². The summed E-state index contributed by atoms with van der Waals surface area (Å²) >= 11 is 11.8.